The first kappa shape index (κ1) is 17.6. The second-order valence-electron chi connectivity index (χ2n) is 5.87. The van der Waals surface area contributed by atoms with Crippen LogP contribution in [0.2, 0.25) is 5.02 Å². The summed E-state index contributed by atoms with van der Waals surface area (Å²) < 4.78 is 2.89. The number of hydrogen-bond acceptors (Lipinski definition) is 5. The van der Waals surface area contributed by atoms with Crippen molar-refractivity contribution >= 4 is 39.1 Å². The quantitative estimate of drug-likeness (QED) is 0.755. The molecule has 1 amide bonds. The lowest BCUT2D eigenvalue weighted by atomic mass is 10.3. The lowest BCUT2D eigenvalue weighted by Crippen LogP contribution is -2.35. The van der Waals surface area contributed by atoms with Crippen molar-refractivity contribution in [3.63, 3.8) is 0 Å². The largest absolute Gasteiger partial charge is 0.281 e. The molecule has 132 valence electrons. The number of halogens is 1. The van der Waals surface area contributed by atoms with Gasteiger partial charge in [0.15, 0.2) is 0 Å². The van der Waals surface area contributed by atoms with E-state index >= 15 is 0 Å². The summed E-state index contributed by atoms with van der Waals surface area (Å²) in [5.74, 6) is 0.156. The van der Waals surface area contributed by atoms with E-state index in [1.165, 1.54) is 16.0 Å². The van der Waals surface area contributed by atoms with Gasteiger partial charge in [0.05, 0.1) is 28.3 Å². The summed E-state index contributed by atoms with van der Waals surface area (Å²) in [4.78, 5) is 30.9. The summed E-state index contributed by atoms with van der Waals surface area (Å²) in [6, 6.07) is 1.79. The topological polar surface area (TPSA) is 81.8 Å². The molecule has 25 heavy (non-hydrogen) atoms. The average Bonchev–Trinajstić information content (AvgIpc) is 3.04. The Bertz CT molecular complexity index is 1030. The fourth-order valence-electron chi connectivity index (χ4n) is 2.62. The van der Waals surface area contributed by atoms with E-state index in [9.17, 15) is 9.59 Å². The van der Waals surface area contributed by atoms with Crippen molar-refractivity contribution in [1.82, 2.24) is 19.4 Å². The Morgan fingerprint density at radius 3 is 2.68 bits per heavy atom. The van der Waals surface area contributed by atoms with Crippen LogP contribution in [0.15, 0.2) is 10.9 Å². The number of nitrogens with zero attached hydrogens (tertiary/aromatic N) is 4. The Balaban J connectivity index is 1.78. The molecule has 0 saturated carbocycles. The summed E-state index contributed by atoms with van der Waals surface area (Å²) in [6.07, 6.45) is 0.171. The van der Waals surface area contributed by atoms with Gasteiger partial charge in [-0.2, -0.15) is 5.10 Å². The highest BCUT2D eigenvalue weighted by Crippen LogP contribution is 2.20. The molecule has 3 rings (SSSR count). The number of hydrogen-bond donors (Lipinski definition) is 1. The molecule has 3 aromatic rings. The van der Waals surface area contributed by atoms with Crippen LogP contribution < -0.4 is 11.0 Å². The number of carbonyl (C=O) groups excluding carboxylic acids is 1. The molecule has 7 nitrogen and oxygen atoms in total. The van der Waals surface area contributed by atoms with E-state index in [1.807, 2.05) is 20.8 Å². The summed E-state index contributed by atoms with van der Waals surface area (Å²) in [5.41, 5.74) is 3.90. The van der Waals surface area contributed by atoms with E-state index < -0.39 is 0 Å². The molecule has 9 heteroatoms. The Morgan fingerprint density at radius 2 is 2.04 bits per heavy atom. The van der Waals surface area contributed by atoms with Gasteiger partial charge < -0.3 is 0 Å². The van der Waals surface area contributed by atoms with Crippen molar-refractivity contribution in [3.8, 4) is 0 Å². The molecule has 3 heterocycles. The van der Waals surface area contributed by atoms with Crippen LogP contribution in [0.4, 0.5) is 0 Å². The smallest absolute Gasteiger partial charge is 0.273 e. The predicted molar refractivity (Wildman–Crippen MR) is 99.0 cm³/mol. The molecular weight excluding hydrogens is 362 g/mol. The third-order valence-electron chi connectivity index (χ3n) is 3.94. The highest BCUT2D eigenvalue weighted by molar-refractivity contribution is 7.18. The van der Waals surface area contributed by atoms with Crippen molar-refractivity contribution in [3.05, 3.63) is 43.5 Å². The maximum Gasteiger partial charge on any atom is 0.281 e. The third-order valence-corrected chi connectivity index (χ3v) is 5.43. The number of aromatic nitrogens is 4. The van der Waals surface area contributed by atoms with Gasteiger partial charge in [0.1, 0.15) is 10.7 Å². The number of nitrogens with one attached hydrogen (secondary N) is 1. The summed E-state index contributed by atoms with van der Waals surface area (Å²) in [5, 5.41) is 5.41. The van der Waals surface area contributed by atoms with Crippen LogP contribution in [-0.2, 0) is 11.3 Å². The molecule has 1 N–H and O–H groups in total. The Hall–Kier alpha value is -2.19. The number of carbonyl (C=O) groups is 1. The maximum atomic E-state index is 12.6. The molecule has 0 atom stereocenters. The van der Waals surface area contributed by atoms with Crippen molar-refractivity contribution < 1.29 is 4.79 Å². The van der Waals surface area contributed by atoms with E-state index in [0.717, 1.165) is 16.3 Å². The number of thiophene rings is 1. The molecule has 0 aliphatic carbocycles. The van der Waals surface area contributed by atoms with Crippen molar-refractivity contribution in [2.24, 2.45) is 0 Å². The van der Waals surface area contributed by atoms with Gasteiger partial charge in [-0.1, -0.05) is 11.6 Å². The summed E-state index contributed by atoms with van der Waals surface area (Å²) >= 11 is 7.57. The number of aryl methyl sites for hydroxylation is 4. The monoisotopic (exact) mass is 379 g/mol. The lowest BCUT2D eigenvalue weighted by Gasteiger charge is -2.11. The van der Waals surface area contributed by atoms with Crippen LogP contribution in [-0.4, -0.2) is 25.3 Å². The van der Waals surface area contributed by atoms with Crippen LogP contribution in [0.3, 0.4) is 0 Å². The van der Waals surface area contributed by atoms with Crippen LogP contribution in [0.25, 0.3) is 10.2 Å². The van der Waals surface area contributed by atoms with Gasteiger partial charge in [0.2, 0.25) is 5.91 Å². The minimum atomic E-state index is -0.290. The van der Waals surface area contributed by atoms with Crippen molar-refractivity contribution in [1.29, 1.82) is 0 Å². The highest BCUT2D eigenvalue weighted by Gasteiger charge is 2.14. The maximum absolute atomic E-state index is 12.6. The van der Waals surface area contributed by atoms with Crippen LogP contribution in [0, 0.1) is 27.7 Å². The van der Waals surface area contributed by atoms with Crippen molar-refractivity contribution in [2.45, 2.75) is 40.7 Å². The van der Waals surface area contributed by atoms with Gasteiger partial charge >= 0.3 is 0 Å². The van der Waals surface area contributed by atoms with Crippen LogP contribution in [0.5, 0.6) is 0 Å². The minimum absolute atomic E-state index is 0.171. The summed E-state index contributed by atoms with van der Waals surface area (Å²) in [6.45, 7) is 7.66. The second kappa shape index (κ2) is 6.61. The fourth-order valence-corrected chi connectivity index (χ4v) is 3.67. The third kappa shape index (κ3) is 3.32. The van der Waals surface area contributed by atoms with Crippen molar-refractivity contribution in [2.75, 3.05) is 5.43 Å². The van der Waals surface area contributed by atoms with E-state index in [0.29, 0.717) is 27.6 Å². The second-order valence-corrected chi connectivity index (χ2v) is 7.48. The van der Waals surface area contributed by atoms with E-state index in [2.05, 4.69) is 15.5 Å². The number of rotatable bonds is 4. The normalized spacial score (nSPS) is 11.2. The molecule has 3 aromatic heterocycles. The first-order valence-corrected chi connectivity index (χ1v) is 8.96. The molecule has 0 aliphatic rings. The molecule has 0 aliphatic heterocycles. The first-order valence-electron chi connectivity index (χ1n) is 7.77. The fraction of sp³-hybridized carbons (Fsp3) is 0.375. The molecule has 0 spiro atoms. The zero-order valence-electron chi connectivity index (χ0n) is 14.4. The van der Waals surface area contributed by atoms with Gasteiger partial charge in [-0.25, -0.2) is 9.66 Å². The molecule has 0 fully saturated rings. The Labute approximate surface area is 153 Å². The van der Waals surface area contributed by atoms with Gasteiger partial charge in [0, 0.05) is 11.3 Å². The zero-order chi connectivity index (χ0) is 18.3. The van der Waals surface area contributed by atoms with E-state index in [4.69, 9.17) is 11.6 Å². The predicted octanol–water partition coefficient (Wildman–Crippen LogP) is 2.70. The molecular formula is C16H18ClN5O2S. The van der Waals surface area contributed by atoms with Crippen LogP contribution >= 0.6 is 22.9 Å². The average molecular weight is 380 g/mol. The molecule has 0 unspecified atom stereocenters. The number of amides is 1. The minimum Gasteiger partial charge on any atom is -0.273 e. The standard InChI is InChI=1S/C16H18ClN5O2S/c1-8-7-12-15(25-8)18-11(4)22(16(12)24)20-13(23)5-6-21-10(3)14(17)9(2)19-21/h7H,5-6H2,1-4H3,(H,20,23). The Kier molecular flexibility index (Phi) is 4.66. The lowest BCUT2D eigenvalue weighted by molar-refractivity contribution is -0.117. The van der Waals surface area contributed by atoms with Gasteiger partial charge in [0.25, 0.3) is 5.56 Å². The molecule has 0 saturated heterocycles. The van der Waals surface area contributed by atoms with Gasteiger partial charge in [-0.15, -0.1) is 11.3 Å². The zero-order valence-corrected chi connectivity index (χ0v) is 16.0. The molecule has 0 radical (unpaired) electrons. The van der Waals surface area contributed by atoms with E-state index in [-0.39, 0.29) is 17.9 Å². The van der Waals surface area contributed by atoms with Gasteiger partial charge in [-0.05, 0) is 33.8 Å². The SMILES string of the molecule is Cc1cc2c(=O)n(NC(=O)CCn3nc(C)c(Cl)c3C)c(C)nc2s1. The van der Waals surface area contributed by atoms with E-state index in [1.54, 1.807) is 17.7 Å². The van der Waals surface area contributed by atoms with Gasteiger partial charge in [-0.3, -0.25) is 19.7 Å². The number of fused-ring (bicyclic) bond motifs is 1. The molecule has 0 bridgehead atoms. The highest BCUT2D eigenvalue weighted by atomic mass is 35.5. The Morgan fingerprint density at radius 1 is 1.32 bits per heavy atom. The van der Waals surface area contributed by atoms with Crippen LogP contribution in [0.1, 0.15) is 28.5 Å². The first-order chi connectivity index (χ1) is 11.8. The molecule has 0 aromatic carbocycles. The summed E-state index contributed by atoms with van der Waals surface area (Å²) in [7, 11) is 0.